The fraction of sp³-hybridized carbons (Fsp3) is 0.364. The monoisotopic (exact) mass is 446 g/mol. The van der Waals surface area contributed by atoms with Crippen molar-refractivity contribution in [1.82, 2.24) is 10.6 Å². The first-order valence-electron chi connectivity index (χ1n) is 9.82. The Morgan fingerprint density at radius 2 is 1.65 bits per heavy atom. The number of hydrogen-bond donors (Lipinski definition) is 2. The van der Waals surface area contributed by atoms with E-state index in [1.807, 2.05) is 0 Å². The van der Waals surface area contributed by atoms with Crippen LogP contribution in [0.5, 0.6) is 11.5 Å². The van der Waals surface area contributed by atoms with Crippen LogP contribution in [0.3, 0.4) is 0 Å². The Labute approximate surface area is 181 Å². The molecule has 0 aromatic heterocycles. The van der Waals surface area contributed by atoms with Gasteiger partial charge in [-0.05, 0) is 29.7 Å². The molecular weight excluding hydrogens is 420 g/mol. The van der Waals surface area contributed by atoms with Crippen molar-refractivity contribution in [3.05, 3.63) is 53.6 Å². The normalized spacial score (nSPS) is 17.5. The molecule has 1 aliphatic heterocycles. The molecule has 1 aliphatic rings. The lowest BCUT2D eigenvalue weighted by atomic mass is 10.0. The summed E-state index contributed by atoms with van der Waals surface area (Å²) in [5.74, 6) is -0.458. The second-order valence-electron chi connectivity index (χ2n) is 7.68. The number of carbonyl (C=O) groups excluding carboxylic acids is 2. The van der Waals surface area contributed by atoms with E-state index < -0.39 is 33.7 Å². The summed E-state index contributed by atoms with van der Waals surface area (Å²) in [5.41, 5.74) is 0.839. The Kier molecular flexibility index (Phi) is 6.54. The van der Waals surface area contributed by atoms with E-state index in [2.05, 4.69) is 10.6 Å². The summed E-state index contributed by atoms with van der Waals surface area (Å²) in [4.78, 5) is 26.1. The van der Waals surface area contributed by atoms with Crippen molar-refractivity contribution in [3.8, 4) is 11.5 Å². The quantitative estimate of drug-likeness (QED) is 0.674. The van der Waals surface area contributed by atoms with Gasteiger partial charge in [0.2, 0.25) is 5.91 Å². The fourth-order valence-corrected chi connectivity index (χ4v) is 5.27. The molecular formula is C22H26N2O6S. The molecule has 0 aliphatic carbocycles. The zero-order valence-electron chi connectivity index (χ0n) is 17.8. The minimum atomic E-state index is -3.46. The van der Waals surface area contributed by atoms with Crippen molar-refractivity contribution < 1.29 is 27.5 Å². The smallest absolute Gasteiger partial charge is 0.252 e. The maximum atomic E-state index is 13.0. The number of methoxy groups -OCH3 is 2. The number of ether oxygens (including phenoxy) is 2. The highest BCUT2D eigenvalue weighted by Gasteiger charge is 2.37. The second kappa shape index (κ2) is 8.97. The van der Waals surface area contributed by atoms with Gasteiger partial charge in [-0.2, -0.15) is 0 Å². The molecule has 0 radical (unpaired) electrons. The molecule has 3 rings (SSSR count). The number of hydrogen-bond acceptors (Lipinski definition) is 6. The number of fused-ring (bicyclic) bond motifs is 1. The zero-order chi connectivity index (χ0) is 22.8. The third-order valence-corrected chi connectivity index (χ3v) is 7.00. The molecule has 2 aromatic carbocycles. The minimum Gasteiger partial charge on any atom is -0.497 e. The van der Waals surface area contributed by atoms with Crippen LogP contribution in [0.15, 0.2) is 47.4 Å². The summed E-state index contributed by atoms with van der Waals surface area (Å²) >= 11 is 0. The summed E-state index contributed by atoms with van der Waals surface area (Å²) < 4.78 is 35.2. The highest BCUT2D eigenvalue weighted by Crippen LogP contribution is 2.33. The summed E-state index contributed by atoms with van der Waals surface area (Å²) in [6, 6.07) is 9.83. The van der Waals surface area contributed by atoms with E-state index in [-0.39, 0.29) is 22.1 Å². The van der Waals surface area contributed by atoms with Gasteiger partial charge in [0.1, 0.15) is 17.5 Å². The Morgan fingerprint density at radius 3 is 2.23 bits per heavy atom. The van der Waals surface area contributed by atoms with E-state index in [1.165, 1.54) is 20.3 Å². The van der Waals surface area contributed by atoms with Gasteiger partial charge < -0.3 is 20.1 Å². The number of sulfone groups is 1. The number of benzene rings is 2. The second-order valence-corrected chi connectivity index (χ2v) is 9.68. The van der Waals surface area contributed by atoms with E-state index >= 15 is 0 Å². The third-order valence-electron chi connectivity index (χ3n) is 5.18. The summed E-state index contributed by atoms with van der Waals surface area (Å²) in [5, 5.41) is 5.53. The largest absolute Gasteiger partial charge is 0.497 e. The van der Waals surface area contributed by atoms with E-state index in [4.69, 9.17) is 9.47 Å². The first-order chi connectivity index (χ1) is 14.7. The maximum Gasteiger partial charge on any atom is 0.252 e. The number of amides is 2. The van der Waals surface area contributed by atoms with E-state index in [1.54, 1.807) is 50.2 Å². The Balaban J connectivity index is 1.79. The van der Waals surface area contributed by atoms with Crippen molar-refractivity contribution in [1.29, 1.82) is 0 Å². The van der Waals surface area contributed by atoms with E-state index in [0.717, 1.165) is 0 Å². The average molecular weight is 447 g/mol. The van der Waals surface area contributed by atoms with Gasteiger partial charge in [-0.15, -0.1) is 0 Å². The van der Waals surface area contributed by atoms with Gasteiger partial charge in [0.15, 0.2) is 9.84 Å². The number of rotatable bonds is 7. The molecule has 2 N–H and O–H groups in total. The highest BCUT2D eigenvalue weighted by molar-refractivity contribution is 7.91. The van der Waals surface area contributed by atoms with Gasteiger partial charge in [0.25, 0.3) is 5.91 Å². The Hall–Kier alpha value is -3.07. The first kappa shape index (κ1) is 22.6. The van der Waals surface area contributed by atoms with Gasteiger partial charge in [0, 0.05) is 11.6 Å². The van der Waals surface area contributed by atoms with Crippen LogP contribution in [0, 0.1) is 5.92 Å². The molecule has 166 valence electrons. The molecule has 9 heteroatoms. The zero-order valence-corrected chi connectivity index (χ0v) is 18.7. The van der Waals surface area contributed by atoms with Crippen molar-refractivity contribution in [3.63, 3.8) is 0 Å². The molecule has 0 spiro atoms. The lowest BCUT2D eigenvalue weighted by Crippen LogP contribution is -2.50. The predicted octanol–water partition coefficient (Wildman–Crippen LogP) is 2.10. The lowest BCUT2D eigenvalue weighted by molar-refractivity contribution is -0.124. The standard InChI is InChI=1S/C22H26N2O6S/c1-13(2)20(24-21(25)14-9-15(29-3)11-16(10-14)30-4)22(26)23-18-12-31(27,28)19-8-6-5-7-17(18)19/h5-11,13,18,20H,12H2,1-4H3,(H,23,26)(H,24,25). The van der Waals surface area contributed by atoms with Crippen LogP contribution in [0.25, 0.3) is 0 Å². The van der Waals surface area contributed by atoms with Crippen LogP contribution < -0.4 is 20.1 Å². The Morgan fingerprint density at radius 1 is 1.03 bits per heavy atom. The molecule has 0 saturated heterocycles. The van der Waals surface area contributed by atoms with Gasteiger partial charge in [0.05, 0.1) is 30.9 Å². The molecule has 2 amide bonds. The summed E-state index contributed by atoms with van der Waals surface area (Å²) in [7, 11) is -0.497. The molecule has 31 heavy (non-hydrogen) atoms. The van der Waals surface area contributed by atoms with E-state index in [0.29, 0.717) is 17.1 Å². The first-order valence-corrected chi connectivity index (χ1v) is 11.5. The van der Waals surface area contributed by atoms with Crippen molar-refractivity contribution >= 4 is 21.7 Å². The van der Waals surface area contributed by atoms with Gasteiger partial charge >= 0.3 is 0 Å². The van der Waals surface area contributed by atoms with E-state index in [9.17, 15) is 18.0 Å². The van der Waals surface area contributed by atoms with Crippen molar-refractivity contribution in [2.45, 2.75) is 30.8 Å². The maximum absolute atomic E-state index is 13.0. The van der Waals surface area contributed by atoms with Gasteiger partial charge in [-0.3, -0.25) is 9.59 Å². The molecule has 2 aromatic rings. The van der Waals surface area contributed by atoms with Crippen LogP contribution >= 0.6 is 0 Å². The minimum absolute atomic E-state index is 0.204. The highest BCUT2D eigenvalue weighted by atomic mass is 32.2. The van der Waals surface area contributed by atoms with Crippen molar-refractivity contribution in [2.75, 3.05) is 20.0 Å². The molecule has 2 atom stereocenters. The SMILES string of the molecule is COc1cc(OC)cc(C(=O)NC(C(=O)NC2CS(=O)(=O)c3ccccc32)C(C)C)c1. The lowest BCUT2D eigenvalue weighted by Gasteiger charge is -2.24. The molecule has 8 nitrogen and oxygen atoms in total. The van der Waals surface area contributed by atoms with Crippen LogP contribution in [-0.2, 0) is 14.6 Å². The number of carbonyl (C=O) groups is 2. The van der Waals surface area contributed by atoms with Crippen LogP contribution in [0.1, 0.15) is 35.8 Å². The molecule has 1 heterocycles. The molecule has 0 fully saturated rings. The van der Waals surface area contributed by atoms with Crippen molar-refractivity contribution in [2.24, 2.45) is 5.92 Å². The predicted molar refractivity (Wildman–Crippen MR) is 115 cm³/mol. The van der Waals surface area contributed by atoms with Gasteiger partial charge in [-0.25, -0.2) is 8.42 Å². The van der Waals surface area contributed by atoms with Gasteiger partial charge in [-0.1, -0.05) is 32.0 Å². The molecule has 2 unspecified atom stereocenters. The molecule has 0 bridgehead atoms. The molecule has 0 saturated carbocycles. The van der Waals surface area contributed by atoms with Crippen LogP contribution in [0.2, 0.25) is 0 Å². The summed E-state index contributed by atoms with van der Waals surface area (Å²) in [6.45, 7) is 3.60. The van der Waals surface area contributed by atoms with Crippen LogP contribution in [-0.4, -0.2) is 46.2 Å². The van der Waals surface area contributed by atoms with Crippen LogP contribution in [0.4, 0.5) is 0 Å². The fourth-order valence-electron chi connectivity index (χ4n) is 3.53. The third kappa shape index (κ3) is 4.82. The Bertz CT molecular complexity index is 1070. The number of nitrogens with one attached hydrogen (secondary N) is 2. The topological polar surface area (TPSA) is 111 Å². The summed E-state index contributed by atoms with van der Waals surface area (Å²) in [6.07, 6.45) is 0. The average Bonchev–Trinajstić information content (AvgIpc) is 3.01.